The molecule has 0 aliphatic rings. The average molecular weight is 174 g/mol. The van der Waals surface area contributed by atoms with Crippen LogP contribution in [0.5, 0.6) is 0 Å². The highest BCUT2D eigenvalue weighted by Crippen LogP contribution is 2.13. The Bertz CT molecular complexity index is 232. The van der Waals surface area contributed by atoms with Gasteiger partial charge in [-0.1, -0.05) is 11.6 Å². The molecular weight excluding hydrogens is 162 g/mol. The lowest BCUT2D eigenvalue weighted by atomic mass is 10.3. The summed E-state index contributed by atoms with van der Waals surface area (Å²) in [5, 5.41) is 0.581. The molecule has 0 saturated heterocycles. The van der Waals surface area contributed by atoms with Crippen molar-refractivity contribution in [2.45, 2.75) is 19.9 Å². The zero-order valence-corrected chi connectivity index (χ0v) is 7.30. The van der Waals surface area contributed by atoms with Gasteiger partial charge in [0.1, 0.15) is 5.15 Å². The second-order valence-electron chi connectivity index (χ2n) is 2.31. The lowest BCUT2D eigenvalue weighted by Crippen LogP contribution is -2.08. The molecule has 0 aliphatic carbocycles. The van der Waals surface area contributed by atoms with Crippen LogP contribution < -0.4 is 5.73 Å². The van der Waals surface area contributed by atoms with Crippen LogP contribution in [0.1, 0.15) is 12.6 Å². The fourth-order valence-corrected chi connectivity index (χ4v) is 1.29. The minimum atomic E-state index is 0.581. The number of hydrogen-bond acceptors (Lipinski definition) is 2. The molecule has 0 unspecified atom stereocenters. The fraction of sp³-hybridized carbons (Fsp3) is 0.571. The molecule has 3 nitrogen and oxygen atoms in total. The van der Waals surface area contributed by atoms with Gasteiger partial charge in [-0.15, -0.1) is 0 Å². The van der Waals surface area contributed by atoms with Gasteiger partial charge in [0.25, 0.3) is 0 Å². The van der Waals surface area contributed by atoms with Crippen LogP contribution in [0.2, 0.25) is 5.15 Å². The predicted octanol–water partition coefficient (Wildman–Crippen LogP) is 1.06. The molecule has 1 aromatic rings. The largest absolute Gasteiger partial charge is 0.333 e. The van der Waals surface area contributed by atoms with E-state index in [-0.39, 0.29) is 0 Å². The second kappa shape index (κ2) is 3.74. The molecule has 0 aromatic carbocycles. The molecule has 4 heteroatoms. The van der Waals surface area contributed by atoms with Gasteiger partial charge in [0.15, 0.2) is 0 Å². The van der Waals surface area contributed by atoms with Crippen molar-refractivity contribution in [2.75, 3.05) is 6.54 Å². The number of rotatable bonds is 3. The van der Waals surface area contributed by atoms with Gasteiger partial charge in [0, 0.05) is 13.0 Å². The first-order valence-electron chi connectivity index (χ1n) is 3.69. The first-order chi connectivity index (χ1) is 5.29. The number of imidazole rings is 1. The van der Waals surface area contributed by atoms with E-state index in [4.69, 9.17) is 17.3 Å². The summed E-state index contributed by atoms with van der Waals surface area (Å²) in [6.07, 6.45) is 2.54. The van der Waals surface area contributed by atoms with E-state index in [1.165, 1.54) is 0 Å². The number of nitrogens with zero attached hydrogens (tertiary/aromatic N) is 2. The number of aryl methyl sites for hydroxylation is 1. The van der Waals surface area contributed by atoms with Crippen LogP contribution in [0.15, 0.2) is 6.33 Å². The Labute approximate surface area is 71.2 Å². The van der Waals surface area contributed by atoms with E-state index in [1.54, 1.807) is 6.33 Å². The van der Waals surface area contributed by atoms with E-state index in [0.29, 0.717) is 11.7 Å². The topological polar surface area (TPSA) is 43.8 Å². The second-order valence-corrected chi connectivity index (χ2v) is 2.66. The van der Waals surface area contributed by atoms with Crippen molar-refractivity contribution in [1.82, 2.24) is 9.55 Å². The third-order valence-corrected chi connectivity index (χ3v) is 1.93. The lowest BCUT2D eigenvalue weighted by molar-refractivity contribution is 0.707. The molecule has 0 bridgehead atoms. The van der Waals surface area contributed by atoms with Crippen LogP contribution in [0.4, 0.5) is 0 Å². The van der Waals surface area contributed by atoms with Crippen LogP contribution in [0.25, 0.3) is 0 Å². The van der Waals surface area contributed by atoms with Gasteiger partial charge < -0.3 is 10.3 Å². The Morgan fingerprint density at radius 1 is 1.73 bits per heavy atom. The zero-order chi connectivity index (χ0) is 8.27. The molecule has 0 fully saturated rings. The highest BCUT2D eigenvalue weighted by molar-refractivity contribution is 6.30. The zero-order valence-electron chi connectivity index (χ0n) is 6.55. The molecule has 0 spiro atoms. The van der Waals surface area contributed by atoms with Gasteiger partial charge >= 0.3 is 0 Å². The van der Waals surface area contributed by atoms with Crippen molar-refractivity contribution in [3.8, 4) is 0 Å². The van der Waals surface area contributed by atoms with Crippen molar-refractivity contribution >= 4 is 11.6 Å². The standard InChI is InChI=1S/C7H12ClN3/c1-2-11-5-10-7(8)6(11)3-4-9/h5H,2-4,9H2,1H3. The summed E-state index contributed by atoms with van der Waals surface area (Å²) in [6, 6.07) is 0. The summed E-state index contributed by atoms with van der Waals surface area (Å²) in [7, 11) is 0. The van der Waals surface area contributed by atoms with E-state index >= 15 is 0 Å². The summed E-state index contributed by atoms with van der Waals surface area (Å²) in [5.74, 6) is 0. The van der Waals surface area contributed by atoms with Crippen LogP contribution >= 0.6 is 11.6 Å². The summed E-state index contributed by atoms with van der Waals surface area (Å²) >= 11 is 5.81. The Morgan fingerprint density at radius 2 is 2.45 bits per heavy atom. The maximum Gasteiger partial charge on any atom is 0.150 e. The van der Waals surface area contributed by atoms with Crippen molar-refractivity contribution in [3.63, 3.8) is 0 Å². The quantitative estimate of drug-likeness (QED) is 0.743. The summed E-state index contributed by atoms with van der Waals surface area (Å²) < 4.78 is 2.01. The maximum atomic E-state index is 5.81. The van der Waals surface area contributed by atoms with Crippen LogP contribution in [-0.2, 0) is 13.0 Å². The molecule has 0 radical (unpaired) electrons. The highest BCUT2D eigenvalue weighted by Gasteiger charge is 2.05. The summed E-state index contributed by atoms with van der Waals surface area (Å²) in [6.45, 7) is 3.57. The molecule has 0 saturated carbocycles. The molecule has 0 aliphatic heterocycles. The van der Waals surface area contributed by atoms with Crippen LogP contribution in [0, 0.1) is 0 Å². The Morgan fingerprint density at radius 3 is 3.00 bits per heavy atom. The number of aromatic nitrogens is 2. The summed E-state index contributed by atoms with van der Waals surface area (Å²) in [4.78, 5) is 3.98. The molecule has 0 atom stereocenters. The predicted molar refractivity (Wildman–Crippen MR) is 45.7 cm³/mol. The Kier molecular flexibility index (Phi) is 2.91. The fourth-order valence-electron chi connectivity index (χ4n) is 1.04. The first kappa shape index (κ1) is 8.56. The third-order valence-electron chi connectivity index (χ3n) is 1.62. The molecular formula is C7H12ClN3. The smallest absolute Gasteiger partial charge is 0.150 e. The minimum Gasteiger partial charge on any atom is -0.333 e. The molecule has 11 heavy (non-hydrogen) atoms. The monoisotopic (exact) mass is 173 g/mol. The van der Waals surface area contributed by atoms with Gasteiger partial charge in [-0.05, 0) is 13.5 Å². The highest BCUT2D eigenvalue weighted by atomic mass is 35.5. The van der Waals surface area contributed by atoms with E-state index in [9.17, 15) is 0 Å². The number of nitrogens with two attached hydrogens (primary N) is 1. The molecule has 2 N–H and O–H groups in total. The van der Waals surface area contributed by atoms with Gasteiger partial charge in [-0.2, -0.15) is 0 Å². The van der Waals surface area contributed by atoms with Gasteiger partial charge in [-0.25, -0.2) is 4.98 Å². The molecule has 0 amide bonds. The number of halogens is 1. The molecule has 1 rings (SSSR count). The molecule has 62 valence electrons. The average Bonchev–Trinajstić information content (AvgIpc) is 2.34. The van der Waals surface area contributed by atoms with Crippen LogP contribution in [0.3, 0.4) is 0 Å². The van der Waals surface area contributed by atoms with E-state index in [0.717, 1.165) is 18.7 Å². The van der Waals surface area contributed by atoms with Crippen LogP contribution in [-0.4, -0.2) is 16.1 Å². The maximum absolute atomic E-state index is 5.81. The number of hydrogen-bond donors (Lipinski definition) is 1. The summed E-state index contributed by atoms with van der Waals surface area (Å²) in [5.41, 5.74) is 6.45. The van der Waals surface area contributed by atoms with Crippen molar-refractivity contribution in [3.05, 3.63) is 17.2 Å². The molecule has 1 aromatic heterocycles. The van der Waals surface area contributed by atoms with Gasteiger partial charge in [0.2, 0.25) is 0 Å². The normalized spacial score (nSPS) is 10.5. The van der Waals surface area contributed by atoms with Gasteiger partial charge in [-0.3, -0.25) is 0 Å². The van der Waals surface area contributed by atoms with E-state index in [1.807, 2.05) is 4.57 Å². The van der Waals surface area contributed by atoms with E-state index in [2.05, 4.69) is 11.9 Å². The first-order valence-corrected chi connectivity index (χ1v) is 4.07. The Hall–Kier alpha value is -0.540. The van der Waals surface area contributed by atoms with E-state index < -0.39 is 0 Å². The minimum absolute atomic E-state index is 0.581. The third kappa shape index (κ3) is 1.73. The SMILES string of the molecule is CCn1cnc(Cl)c1CCN. The van der Waals surface area contributed by atoms with Crippen molar-refractivity contribution in [1.29, 1.82) is 0 Å². The van der Waals surface area contributed by atoms with Crippen molar-refractivity contribution in [2.24, 2.45) is 5.73 Å². The van der Waals surface area contributed by atoms with Gasteiger partial charge in [0.05, 0.1) is 12.0 Å². The lowest BCUT2D eigenvalue weighted by Gasteiger charge is -2.02. The molecule has 1 heterocycles. The van der Waals surface area contributed by atoms with Crippen molar-refractivity contribution < 1.29 is 0 Å². The Balaban J connectivity index is 2.88.